The Morgan fingerprint density at radius 2 is 1.62 bits per heavy atom. The van der Waals surface area contributed by atoms with Crippen molar-refractivity contribution in [3.8, 4) is 0 Å². The SMILES string of the molecule is O=[N+]([O-])c1cc(N=Nc2ccc(N(CCO)CCO)cc2)sc1[N+](=O)[O-]. The minimum absolute atomic E-state index is 0.0506. The van der Waals surface area contributed by atoms with Crippen LogP contribution in [0.2, 0.25) is 0 Å². The van der Waals surface area contributed by atoms with Gasteiger partial charge in [0.1, 0.15) is 0 Å². The van der Waals surface area contributed by atoms with Crippen molar-refractivity contribution >= 4 is 38.4 Å². The van der Waals surface area contributed by atoms with Gasteiger partial charge in [-0.3, -0.25) is 20.2 Å². The zero-order valence-corrected chi connectivity index (χ0v) is 14.2. The van der Waals surface area contributed by atoms with Crippen LogP contribution in [0.5, 0.6) is 0 Å². The number of nitro groups is 2. The second-order valence-corrected chi connectivity index (χ2v) is 5.95. The quantitative estimate of drug-likeness (QED) is 0.384. The van der Waals surface area contributed by atoms with Gasteiger partial charge in [0.15, 0.2) is 5.00 Å². The first-order valence-electron chi connectivity index (χ1n) is 7.37. The van der Waals surface area contributed by atoms with Crippen molar-refractivity contribution < 1.29 is 20.1 Å². The van der Waals surface area contributed by atoms with Crippen LogP contribution >= 0.6 is 11.3 Å². The fourth-order valence-corrected chi connectivity index (χ4v) is 2.88. The first-order chi connectivity index (χ1) is 12.5. The van der Waals surface area contributed by atoms with Crippen molar-refractivity contribution in [2.24, 2.45) is 10.2 Å². The minimum Gasteiger partial charge on any atom is -0.395 e. The number of hydrogen-bond donors (Lipinski definition) is 2. The number of anilines is 1. The highest BCUT2D eigenvalue weighted by Crippen LogP contribution is 2.41. The lowest BCUT2D eigenvalue weighted by molar-refractivity contribution is -0.419. The van der Waals surface area contributed by atoms with Crippen LogP contribution in [-0.4, -0.2) is 46.4 Å². The molecule has 0 saturated heterocycles. The molecule has 0 atom stereocenters. The van der Waals surface area contributed by atoms with E-state index < -0.39 is 20.5 Å². The maximum Gasteiger partial charge on any atom is 0.403 e. The molecule has 0 amide bonds. The number of rotatable bonds is 9. The standard InChI is InChI=1S/C14H15N5O6S/c20-7-5-17(6-8-21)11-3-1-10(2-4-11)15-16-13-9-12(18(22)23)14(26-13)19(24)25/h1-4,9,20-21H,5-8H2. The number of nitrogens with zero attached hydrogens (tertiary/aromatic N) is 5. The van der Waals surface area contributed by atoms with Crippen LogP contribution in [0.25, 0.3) is 0 Å². The van der Waals surface area contributed by atoms with Gasteiger partial charge in [-0.2, -0.15) is 0 Å². The second kappa shape index (κ2) is 8.94. The van der Waals surface area contributed by atoms with E-state index in [0.29, 0.717) is 30.1 Å². The number of benzene rings is 1. The summed E-state index contributed by atoms with van der Waals surface area (Å²) < 4.78 is 0. The van der Waals surface area contributed by atoms with Crippen molar-refractivity contribution in [1.29, 1.82) is 0 Å². The fraction of sp³-hybridized carbons (Fsp3) is 0.286. The fourth-order valence-electron chi connectivity index (χ4n) is 2.12. The average molecular weight is 381 g/mol. The zero-order chi connectivity index (χ0) is 19.1. The minimum atomic E-state index is -0.834. The first-order valence-corrected chi connectivity index (χ1v) is 8.19. The van der Waals surface area contributed by atoms with Gasteiger partial charge < -0.3 is 15.1 Å². The molecule has 0 bridgehead atoms. The Kier molecular flexibility index (Phi) is 6.66. The summed E-state index contributed by atoms with van der Waals surface area (Å²) in [5.74, 6) is 0. The molecule has 0 spiro atoms. The number of aliphatic hydroxyl groups excluding tert-OH is 2. The molecule has 0 aliphatic carbocycles. The number of aliphatic hydroxyl groups is 2. The Labute approximate surface area is 151 Å². The van der Waals surface area contributed by atoms with E-state index >= 15 is 0 Å². The summed E-state index contributed by atoms with van der Waals surface area (Å²) in [5.41, 5.74) is 0.600. The molecule has 26 heavy (non-hydrogen) atoms. The largest absolute Gasteiger partial charge is 0.403 e. The van der Waals surface area contributed by atoms with Gasteiger partial charge in [0.2, 0.25) is 0 Å². The lowest BCUT2D eigenvalue weighted by atomic mass is 10.2. The predicted molar refractivity (Wildman–Crippen MR) is 94.6 cm³/mol. The van der Waals surface area contributed by atoms with Crippen molar-refractivity contribution in [3.63, 3.8) is 0 Å². The summed E-state index contributed by atoms with van der Waals surface area (Å²) in [6.45, 7) is 0.614. The lowest BCUT2D eigenvalue weighted by Gasteiger charge is -2.22. The number of azo groups is 1. The smallest absolute Gasteiger partial charge is 0.395 e. The lowest BCUT2D eigenvalue weighted by Crippen LogP contribution is -2.29. The Morgan fingerprint density at radius 3 is 2.08 bits per heavy atom. The summed E-state index contributed by atoms with van der Waals surface area (Å²) in [6.07, 6.45) is 0. The second-order valence-electron chi connectivity index (χ2n) is 4.94. The van der Waals surface area contributed by atoms with Crippen LogP contribution in [0, 0.1) is 20.2 Å². The molecule has 1 aromatic heterocycles. The van der Waals surface area contributed by atoms with E-state index in [0.717, 1.165) is 11.8 Å². The molecule has 0 aliphatic heterocycles. The van der Waals surface area contributed by atoms with E-state index in [2.05, 4.69) is 10.2 Å². The van der Waals surface area contributed by atoms with E-state index in [4.69, 9.17) is 10.2 Å². The number of thiophene rings is 1. The molecular weight excluding hydrogens is 366 g/mol. The molecule has 1 heterocycles. The Bertz CT molecular complexity index is 769. The van der Waals surface area contributed by atoms with Crippen molar-refractivity contribution in [2.45, 2.75) is 0 Å². The molecule has 0 radical (unpaired) electrons. The topological polar surface area (TPSA) is 155 Å². The first kappa shape index (κ1) is 19.4. The molecule has 12 heteroatoms. The average Bonchev–Trinajstić information content (AvgIpc) is 3.05. The molecular formula is C14H15N5O6S. The van der Waals surface area contributed by atoms with Gasteiger partial charge in [-0.05, 0) is 35.6 Å². The van der Waals surface area contributed by atoms with Crippen LogP contribution in [0.3, 0.4) is 0 Å². The predicted octanol–water partition coefficient (Wildman–Crippen LogP) is 2.77. The van der Waals surface area contributed by atoms with Crippen LogP contribution < -0.4 is 4.90 Å². The molecule has 138 valence electrons. The molecule has 11 nitrogen and oxygen atoms in total. The van der Waals surface area contributed by atoms with E-state index in [1.54, 1.807) is 29.2 Å². The van der Waals surface area contributed by atoms with E-state index in [1.807, 2.05) is 0 Å². The van der Waals surface area contributed by atoms with E-state index in [-0.39, 0.29) is 18.2 Å². The van der Waals surface area contributed by atoms with Gasteiger partial charge in [0.25, 0.3) is 0 Å². The summed E-state index contributed by atoms with van der Waals surface area (Å²) in [7, 11) is 0. The van der Waals surface area contributed by atoms with E-state index in [1.165, 1.54) is 0 Å². The van der Waals surface area contributed by atoms with Gasteiger partial charge in [-0.1, -0.05) is 0 Å². The molecule has 0 fully saturated rings. The monoisotopic (exact) mass is 381 g/mol. The van der Waals surface area contributed by atoms with Crippen LogP contribution in [0.4, 0.5) is 27.1 Å². The third-order valence-electron chi connectivity index (χ3n) is 3.26. The van der Waals surface area contributed by atoms with Crippen molar-refractivity contribution in [1.82, 2.24) is 0 Å². The van der Waals surface area contributed by atoms with Crippen LogP contribution in [0.15, 0.2) is 40.6 Å². The van der Waals surface area contributed by atoms with Crippen molar-refractivity contribution in [2.75, 3.05) is 31.2 Å². The Morgan fingerprint density at radius 1 is 1.00 bits per heavy atom. The third-order valence-corrected chi connectivity index (χ3v) is 4.22. The van der Waals surface area contributed by atoms with Gasteiger partial charge in [0.05, 0.1) is 34.8 Å². The van der Waals surface area contributed by atoms with Gasteiger partial charge in [-0.15, -0.1) is 10.2 Å². The molecule has 2 N–H and O–H groups in total. The maximum absolute atomic E-state index is 10.8. The van der Waals surface area contributed by atoms with Crippen LogP contribution in [-0.2, 0) is 0 Å². The van der Waals surface area contributed by atoms with Gasteiger partial charge in [0, 0.05) is 18.8 Å². The molecule has 2 aromatic rings. The molecule has 1 aromatic carbocycles. The maximum atomic E-state index is 10.8. The highest BCUT2D eigenvalue weighted by atomic mass is 32.1. The highest BCUT2D eigenvalue weighted by Gasteiger charge is 2.28. The number of hydrogen-bond acceptors (Lipinski definition) is 10. The highest BCUT2D eigenvalue weighted by molar-refractivity contribution is 7.19. The summed E-state index contributed by atoms with van der Waals surface area (Å²) in [5, 5.41) is 46.9. The van der Waals surface area contributed by atoms with Crippen LogP contribution in [0.1, 0.15) is 0 Å². The van der Waals surface area contributed by atoms with E-state index in [9.17, 15) is 20.2 Å². The summed E-state index contributed by atoms with van der Waals surface area (Å²) >= 11 is 0.571. The summed E-state index contributed by atoms with van der Waals surface area (Å²) in [4.78, 5) is 21.8. The summed E-state index contributed by atoms with van der Waals surface area (Å²) in [6, 6.07) is 7.72. The zero-order valence-electron chi connectivity index (χ0n) is 13.4. The molecule has 0 unspecified atom stereocenters. The Hall–Kier alpha value is -2.96. The molecule has 0 aliphatic rings. The molecule has 0 saturated carbocycles. The third kappa shape index (κ3) is 4.78. The van der Waals surface area contributed by atoms with Gasteiger partial charge in [-0.25, -0.2) is 0 Å². The van der Waals surface area contributed by atoms with Gasteiger partial charge >= 0.3 is 10.7 Å². The normalized spacial score (nSPS) is 11.0. The van der Waals surface area contributed by atoms with Crippen molar-refractivity contribution in [3.05, 3.63) is 50.6 Å². The Balaban J connectivity index is 2.17. The molecule has 2 rings (SSSR count).